The highest BCUT2D eigenvalue weighted by Gasteiger charge is 2.21. The molecule has 1 aromatic rings. The zero-order valence-corrected chi connectivity index (χ0v) is 10.4. The molecule has 0 bridgehead atoms. The molecule has 0 spiro atoms. The average molecular weight is 311 g/mol. The summed E-state index contributed by atoms with van der Waals surface area (Å²) in [6, 6.07) is 4.44. The predicted molar refractivity (Wildman–Crippen MR) is 57.8 cm³/mol. The van der Waals surface area contributed by atoms with Crippen LogP contribution in [0.1, 0.15) is 11.1 Å². The van der Waals surface area contributed by atoms with E-state index in [1.807, 2.05) is 0 Å². The first-order valence-corrected chi connectivity index (χ1v) is 6.78. The van der Waals surface area contributed by atoms with Gasteiger partial charge in [0.2, 0.25) is 0 Å². The van der Waals surface area contributed by atoms with Gasteiger partial charge < -0.3 is 5.11 Å². The van der Waals surface area contributed by atoms with E-state index in [1.54, 1.807) is 6.07 Å². The van der Waals surface area contributed by atoms with Gasteiger partial charge in [-0.05, 0) is 17.7 Å². The summed E-state index contributed by atoms with van der Waals surface area (Å²) in [7, 11) is 1.14. The Hall–Kier alpha value is -0.610. The maximum atomic E-state index is 11.2. The second-order valence-corrected chi connectivity index (χ2v) is 6.07. The molecule has 80 valence electrons. The van der Waals surface area contributed by atoms with Crippen LogP contribution in [-0.2, 0) is 15.7 Å². The number of nitriles is 1. The molecule has 0 amide bonds. The Labute approximate surface area is 99.6 Å². The molecule has 0 aliphatic heterocycles. The fourth-order valence-electron chi connectivity index (χ4n) is 1.14. The lowest BCUT2D eigenvalue weighted by atomic mass is 10.1. The van der Waals surface area contributed by atoms with E-state index in [2.05, 4.69) is 15.9 Å². The number of benzene rings is 1. The van der Waals surface area contributed by atoms with Crippen LogP contribution in [0.2, 0.25) is 0 Å². The van der Waals surface area contributed by atoms with Crippen LogP contribution < -0.4 is 0 Å². The van der Waals surface area contributed by atoms with Crippen molar-refractivity contribution in [3.05, 3.63) is 27.7 Å². The Morgan fingerprint density at radius 3 is 2.53 bits per heavy atom. The van der Waals surface area contributed by atoms with Crippen molar-refractivity contribution in [2.45, 2.75) is 11.5 Å². The van der Waals surface area contributed by atoms with Gasteiger partial charge in [-0.2, -0.15) is 5.26 Å². The molecule has 0 fully saturated rings. The molecule has 4 nitrogen and oxygen atoms in total. The Kier molecular flexibility index (Phi) is 3.73. The van der Waals surface area contributed by atoms with Crippen LogP contribution in [0.15, 0.2) is 21.5 Å². The van der Waals surface area contributed by atoms with Gasteiger partial charge in [-0.25, -0.2) is 8.42 Å². The zero-order valence-electron chi connectivity index (χ0n) is 7.24. The zero-order chi connectivity index (χ0) is 11.6. The fourth-order valence-corrected chi connectivity index (χ4v) is 2.99. The van der Waals surface area contributed by atoms with E-state index in [4.69, 9.17) is 21.1 Å². The Morgan fingerprint density at radius 2 is 2.13 bits per heavy atom. The minimum atomic E-state index is -4.04. The van der Waals surface area contributed by atoms with E-state index in [1.165, 1.54) is 12.1 Å². The molecule has 0 saturated heterocycles. The standard InChI is InChI=1S/C8H5BrClNO3S/c9-7-1-5(3-11)8(15(10,13)14)6(2-7)4-12/h1-2,12H,4H2. The van der Waals surface area contributed by atoms with Crippen molar-refractivity contribution in [3.63, 3.8) is 0 Å². The number of aliphatic hydroxyl groups is 1. The van der Waals surface area contributed by atoms with Gasteiger partial charge in [0.05, 0.1) is 12.2 Å². The summed E-state index contributed by atoms with van der Waals surface area (Å²) in [6.07, 6.45) is 0. The molecule has 15 heavy (non-hydrogen) atoms. The van der Waals surface area contributed by atoms with Gasteiger partial charge >= 0.3 is 0 Å². The number of halogens is 2. The van der Waals surface area contributed by atoms with Crippen molar-refractivity contribution in [2.24, 2.45) is 0 Å². The van der Waals surface area contributed by atoms with Gasteiger partial charge in [-0.3, -0.25) is 0 Å². The quantitative estimate of drug-likeness (QED) is 0.844. The fraction of sp³-hybridized carbons (Fsp3) is 0.125. The minimum Gasteiger partial charge on any atom is -0.392 e. The highest BCUT2D eigenvalue weighted by molar-refractivity contribution is 9.10. The van der Waals surface area contributed by atoms with E-state index in [-0.39, 0.29) is 16.0 Å². The lowest BCUT2D eigenvalue weighted by Gasteiger charge is -2.06. The minimum absolute atomic E-state index is 0.0934. The summed E-state index contributed by atoms with van der Waals surface area (Å²) < 4.78 is 22.9. The lowest BCUT2D eigenvalue weighted by Crippen LogP contribution is -2.02. The van der Waals surface area contributed by atoms with Crippen molar-refractivity contribution in [3.8, 4) is 6.07 Å². The molecule has 0 saturated carbocycles. The van der Waals surface area contributed by atoms with Crippen LogP contribution in [0.25, 0.3) is 0 Å². The van der Waals surface area contributed by atoms with E-state index >= 15 is 0 Å². The number of nitrogens with zero attached hydrogens (tertiary/aromatic N) is 1. The van der Waals surface area contributed by atoms with Crippen molar-refractivity contribution < 1.29 is 13.5 Å². The number of hydrogen-bond donors (Lipinski definition) is 1. The maximum absolute atomic E-state index is 11.2. The summed E-state index contributed by atoms with van der Waals surface area (Å²) in [5.74, 6) is 0. The van der Waals surface area contributed by atoms with Gasteiger partial charge in [-0.1, -0.05) is 15.9 Å². The van der Waals surface area contributed by atoms with E-state index in [0.29, 0.717) is 4.47 Å². The maximum Gasteiger partial charge on any atom is 0.262 e. The van der Waals surface area contributed by atoms with Crippen molar-refractivity contribution >= 4 is 35.7 Å². The SMILES string of the molecule is N#Cc1cc(Br)cc(CO)c1S(=O)(=O)Cl. The molecular formula is C8H5BrClNO3S. The van der Waals surface area contributed by atoms with Crippen LogP contribution >= 0.6 is 26.6 Å². The van der Waals surface area contributed by atoms with Gasteiger partial charge in [-0.15, -0.1) is 0 Å². The van der Waals surface area contributed by atoms with Gasteiger partial charge in [0.1, 0.15) is 11.0 Å². The molecule has 0 radical (unpaired) electrons. The molecule has 0 unspecified atom stereocenters. The first kappa shape index (κ1) is 12.5. The number of hydrogen-bond acceptors (Lipinski definition) is 4. The van der Waals surface area contributed by atoms with E-state index in [0.717, 1.165) is 0 Å². The monoisotopic (exact) mass is 309 g/mol. The summed E-state index contributed by atoms with van der Waals surface area (Å²) in [6.45, 7) is -0.505. The topological polar surface area (TPSA) is 78.2 Å². The first-order valence-electron chi connectivity index (χ1n) is 3.68. The van der Waals surface area contributed by atoms with Crippen LogP contribution in [-0.4, -0.2) is 13.5 Å². The van der Waals surface area contributed by atoms with Gasteiger partial charge in [0.25, 0.3) is 9.05 Å². The molecule has 1 N–H and O–H groups in total. The smallest absolute Gasteiger partial charge is 0.262 e. The van der Waals surface area contributed by atoms with Gasteiger partial charge in [0.15, 0.2) is 0 Å². The highest BCUT2D eigenvalue weighted by atomic mass is 79.9. The Morgan fingerprint density at radius 1 is 1.53 bits per heavy atom. The van der Waals surface area contributed by atoms with Crippen molar-refractivity contribution in [2.75, 3.05) is 0 Å². The predicted octanol–water partition coefficient (Wildman–Crippen LogP) is 1.74. The second-order valence-electron chi connectivity index (χ2n) is 2.65. The summed E-state index contributed by atoms with van der Waals surface area (Å²) in [4.78, 5) is -0.336. The molecule has 0 aliphatic carbocycles. The van der Waals surface area contributed by atoms with E-state index < -0.39 is 15.7 Å². The van der Waals surface area contributed by atoms with Crippen molar-refractivity contribution in [1.82, 2.24) is 0 Å². The third kappa shape index (κ3) is 2.69. The third-order valence-corrected chi connectivity index (χ3v) is 3.56. The molecule has 7 heteroatoms. The average Bonchev–Trinajstić information content (AvgIpc) is 2.14. The van der Waals surface area contributed by atoms with Crippen molar-refractivity contribution in [1.29, 1.82) is 5.26 Å². The van der Waals surface area contributed by atoms with Crippen LogP contribution in [0.5, 0.6) is 0 Å². The molecule has 1 aromatic carbocycles. The van der Waals surface area contributed by atoms with Crippen LogP contribution in [0.4, 0.5) is 0 Å². The largest absolute Gasteiger partial charge is 0.392 e. The third-order valence-electron chi connectivity index (χ3n) is 1.67. The van der Waals surface area contributed by atoms with Crippen LogP contribution in [0, 0.1) is 11.3 Å². The molecule has 0 aliphatic rings. The summed E-state index contributed by atoms with van der Waals surface area (Å²) in [5.41, 5.74) is -0.000602. The van der Waals surface area contributed by atoms with Crippen LogP contribution in [0.3, 0.4) is 0 Å². The number of rotatable bonds is 2. The Bertz CT molecular complexity index is 536. The molecule has 0 atom stereocenters. The molecule has 0 heterocycles. The lowest BCUT2D eigenvalue weighted by molar-refractivity contribution is 0.278. The summed E-state index contributed by atoms with van der Waals surface area (Å²) >= 11 is 3.10. The normalized spacial score (nSPS) is 11.1. The summed E-state index contributed by atoms with van der Waals surface area (Å²) in [5, 5.41) is 17.7. The van der Waals surface area contributed by atoms with Gasteiger partial charge in [0, 0.05) is 15.2 Å². The molecular weight excluding hydrogens is 306 g/mol. The first-order chi connectivity index (χ1) is 6.90. The number of aliphatic hydroxyl groups excluding tert-OH is 1. The second kappa shape index (κ2) is 4.49. The molecule has 1 rings (SSSR count). The highest BCUT2D eigenvalue weighted by Crippen LogP contribution is 2.27. The van der Waals surface area contributed by atoms with E-state index in [9.17, 15) is 8.42 Å². The Balaban J connectivity index is 3.69. The molecule has 0 aromatic heterocycles.